The molecule has 5 heteroatoms. The molecule has 1 heterocycles. The minimum absolute atomic E-state index is 0.0109. The summed E-state index contributed by atoms with van der Waals surface area (Å²) in [6.45, 7) is 3.32. The zero-order valence-electron chi connectivity index (χ0n) is 13.4. The highest BCUT2D eigenvalue weighted by molar-refractivity contribution is 6.30. The molecule has 0 radical (unpaired) electrons. The minimum atomic E-state index is -0.278. The highest BCUT2D eigenvalue weighted by Gasteiger charge is 2.34. The van der Waals surface area contributed by atoms with Gasteiger partial charge in [-0.15, -0.1) is 0 Å². The molecule has 24 heavy (non-hydrogen) atoms. The first-order valence-corrected chi connectivity index (χ1v) is 8.44. The van der Waals surface area contributed by atoms with Crippen LogP contribution in [0.2, 0.25) is 5.02 Å². The van der Waals surface area contributed by atoms with Crippen LogP contribution < -0.4 is 10.6 Å². The SMILES string of the molecule is CC(NC(=O)C1CNCC1c1ccc(Cl)cc1)c1ccc(F)cc1. The van der Waals surface area contributed by atoms with E-state index in [9.17, 15) is 9.18 Å². The summed E-state index contributed by atoms with van der Waals surface area (Å²) in [5.74, 6) is -0.270. The van der Waals surface area contributed by atoms with E-state index >= 15 is 0 Å². The van der Waals surface area contributed by atoms with Gasteiger partial charge in [-0.3, -0.25) is 4.79 Å². The number of rotatable bonds is 4. The van der Waals surface area contributed by atoms with Gasteiger partial charge in [0.2, 0.25) is 5.91 Å². The van der Waals surface area contributed by atoms with E-state index in [1.165, 1.54) is 12.1 Å². The van der Waals surface area contributed by atoms with Crippen molar-refractivity contribution in [2.75, 3.05) is 13.1 Å². The van der Waals surface area contributed by atoms with Crippen molar-refractivity contribution in [2.45, 2.75) is 18.9 Å². The fourth-order valence-electron chi connectivity index (χ4n) is 3.17. The normalized spacial score (nSPS) is 21.5. The summed E-state index contributed by atoms with van der Waals surface area (Å²) < 4.78 is 13.0. The predicted octanol–water partition coefficient (Wildman–Crippen LogP) is 3.66. The average Bonchev–Trinajstić information content (AvgIpc) is 3.06. The van der Waals surface area contributed by atoms with Crippen molar-refractivity contribution in [1.82, 2.24) is 10.6 Å². The molecule has 2 aromatic rings. The van der Waals surface area contributed by atoms with Crippen LogP contribution >= 0.6 is 11.6 Å². The molecule has 3 atom stereocenters. The van der Waals surface area contributed by atoms with Gasteiger partial charge in [0.1, 0.15) is 5.82 Å². The maximum atomic E-state index is 13.0. The Morgan fingerprint density at radius 2 is 1.83 bits per heavy atom. The molecule has 0 saturated carbocycles. The first-order valence-electron chi connectivity index (χ1n) is 8.06. The summed E-state index contributed by atoms with van der Waals surface area (Å²) in [6, 6.07) is 13.7. The molecule has 3 nitrogen and oxygen atoms in total. The summed E-state index contributed by atoms with van der Waals surface area (Å²) >= 11 is 5.94. The van der Waals surface area contributed by atoms with Gasteiger partial charge < -0.3 is 10.6 Å². The van der Waals surface area contributed by atoms with Crippen molar-refractivity contribution in [3.63, 3.8) is 0 Å². The predicted molar refractivity (Wildman–Crippen MR) is 93.5 cm³/mol. The van der Waals surface area contributed by atoms with Gasteiger partial charge in [-0.25, -0.2) is 4.39 Å². The second-order valence-electron chi connectivity index (χ2n) is 6.20. The largest absolute Gasteiger partial charge is 0.349 e. The molecule has 1 saturated heterocycles. The van der Waals surface area contributed by atoms with E-state index in [2.05, 4.69) is 10.6 Å². The summed E-state index contributed by atoms with van der Waals surface area (Å²) in [5.41, 5.74) is 2.00. The van der Waals surface area contributed by atoms with Crippen LogP contribution in [-0.2, 0) is 4.79 Å². The number of nitrogens with one attached hydrogen (secondary N) is 2. The second kappa shape index (κ2) is 7.32. The lowest BCUT2D eigenvalue weighted by atomic mass is 9.88. The molecule has 1 amide bonds. The molecule has 0 bridgehead atoms. The molecule has 3 rings (SSSR count). The highest BCUT2D eigenvalue weighted by atomic mass is 35.5. The number of amides is 1. The molecular formula is C19H20ClFN2O. The van der Waals surface area contributed by atoms with E-state index in [4.69, 9.17) is 11.6 Å². The molecule has 1 aliphatic rings. The van der Waals surface area contributed by atoms with Crippen LogP contribution in [0.4, 0.5) is 4.39 Å². The first-order chi connectivity index (χ1) is 11.5. The number of benzene rings is 2. The van der Waals surface area contributed by atoms with Crippen LogP contribution in [0.3, 0.4) is 0 Å². The Morgan fingerprint density at radius 3 is 2.50 bits per heavy atom. The molecule has 1 aliphatic heterocycles. The topological polar surface area (TPSA) is 41.1 Å². The van der Waals surface area contributed by atoms with E-state index in [1.807, 2.05) is 31.2 Å². The Kier molecular flexibility index (Phi) is 5.17. The zero-order chi connectivity index (χ0) is 17.1. The molecule has 2 aromatic carbocycles. The van der Waals surface area contributed by atoms with Crippen LogP contribution in [0.1, 0.15) is 30.0 Å². The van der Waals surface area contributed by atoms with Crippen molar-refractivity contribution >= 4 is 17.5 Å². The van der Waals surface area contributed by atoms with Crippen LogP contribution in [0.15, 0.2) is 48.5 Å². The van der Waals surface area contributed by atoms with Crippen molar-refractivity contribution in [3.8, 4) is 0 Å². The third-order valence-electron chi connectivity index (χ3n) is 4.58. The fourth-order valence-corrected chi connectivity index (χ4v) is 3.30. The fraction of sp³-hybridized carbons (Fsp3) is 0.316. The molecule has 0 aliphatic carbocycles. The van der Waals surface area contributed by atoms with Gasteiger partial charge in [0.05, 0.1) is 12.0 Å². The molecule has 2 N–H and O–H groups in total. The summed E-state index contributed by atoms with van der Waals surface area (Å²) in [5, 5.41) is 7.03. The number of halogens is 2. The van der Waals surface area contributed by atoms with E-state index in [0.717, 1.165) is 17.7 Å². The lowest BCUT2D eigenvalue weighted by molar-refractivity contribution is -0.125. The Labute approximate surface area is 146 Å². The van der Waals surface area contributed by atoms with Gasteiger partial charge in [0.15, 0.2) is 0 Å². The zero-order valence-corrected chi connectivity index (χ0v) is 14.2. The van der Waals surface area contributed by atoms with E-state index in [0.29, 0.717) is 11.6 Å². The molecule has 0 aromatic heterocycles. The third-order valence-corrected chi connectivity index (χ3v) is 4.83. The van der Waals surface area contributed by atoms with Crippen LogP contribution in [-0.4, -0.2) is 19.0 Å². The van der Waals surface area contributed by atoms with Gasteiger partial charge in [-0.1, -0.05) is 35.9 Å². The Bertz CT molecular complexity index is 702. The Morgan fingerprint density at radius 1 is 1.17 bits per heavy atom. The minimum Gasteiger partial charge on any atom is -0.349 e. The number of carbonyl (C=O) groups excluding carboxylic acids is 1. The van der Waals surface area contributed by atoms with Crippen molar-refractivity contribution in [1.29, 1.82) is 0 Å². The molecular weight excluding hydrogens is 327 g/mol. The van der Waals surface area contributed by atoms with Gasteiger partial charge >= 0.3 is 0 Å². The quantitative estimate of drug-likeness (QED) is 0.887. The number of hydrogen-bond acceptors (Lipinski definition) is 2. The van der Waals surface area contributed by atoms with Gasteiger partial charge in [-0.05, 0) is 42.3 Å². The first kappa shape index (κ1) is 16.9. The average molecular weight is 347 g/mol. The van der Waals surface area contributed by atoms with E-state index in [-0.39, 0.29) is 29.6 Å². The van der Waals surface area contributed by atoms with Gasteiger partial charge in [0.25, 0.3) is 0 Å². The van der Waals surface area contributed by atoms with Gasteiger partial charge in [-0.2, -0.15) is 0 Å². The van der Waals surface area contributed by atoms with Crippen LogP contribution in [0.5, 0.6) is 0 Å². The lowest BCUT2D eigenvalue weighted by Gasteiger charge is -2.22. The molecule has 0 spiro atoms. The van der Waals surface area contributed by atoms with E-state index < -0.39 is 0 Å². The van der Waals surface area contributed by atoms with Crippen molar-refractivity contribution in [2.24, 2.45) is 5.92 Å². The monoisotopic (exact) mass is 346 g/mol. The highest BCUT2D eigenvalue weighted by Crippen LogP contribution is 2.29. The second-order valence-corrected chi connectivity index (χ2v) is 6.64. The van der Waals surface area contributed by atoms with Crippen LogP contribution in [0.25, 0.3) is 0 Å². The number of carbonyl (C=O) groups is 1. The van der Waals surface area contributed by atoms with Crippen molar-refractivity contribution < 1.29 is 9.18 Å². The molecule has 126 valence electrons. The Balaban J connectivity index is 1.69. The molecule has 3 unspecified atom stereocenters. The smallest absolute Gasteiger partial charge is 0.225 e. The lowest BCUT2D eigenvalue weighted by Crippen LogP contribution is -2.36. The standard InChI is InChI=1S/C19H20ClFN2O/c1-12(13-4-8-16(21)9-5-13)23-19(24)18-11-22-10-17(18)14-2-6-15(20)7-3-14/h2-9,12,17-18,22H,10-11H2,1H3,(H,23,24). The maximum Gasteiger partial charge on any atom is 0.225 e. The maximum absolute atomic E-state index is 13.0. The van der Waals surface area contributed by atoms with Gasteiger partial charge in [0, 0.05) is 24.0 Å². The molecule has 1 fully saturated rings. The Hall–Kier alpha value is -1.91. The summed E-state index contributed by atoms with van der Waals surface area (Å²) in [7, 11) is 0. The van der Waals surface area contributed by atoms with Crippen molar-refractivity contribution in [3.05, 3.63) is 70.5 Å². The summed E-state index contributed by atoms with van der Waals surface area (Å²) in [6.07, 6.45) is 0. The van der Waals surface area contributed by atoms with E-state index in [1.54, 1.807) is 12.1 Å². The van der Waals surface area contributed by atoms with Crippen LogP contribution in [0, 0.1) is 11.7 Å². The third kappa shape index (κ3) is 3.77. The summed E-state index contributed by atoms with van der Waals surface area (Å²) in [4.78, 5) is 12.7. The number of hydrogen-bond donors (Lipinski definition) is 2.